The van der Waals surface area contributed by atoms with Crippen LogP contribution in [0.5, 0.6) is 0 Å². The van der Waals surface area contributed by atoms with Gasteiger partial charge < -0.3 is 4.90 Å². The van der Waals surface area contributed by atoms with Crippen LogP contribution in [0.1, 0.15) is 35.1 Å². The first-order valence-electron chi connectivity index (χ1n) is 9.92. The van der Waals surface area contributed by atoms with Crippen LogP contribution in [0.4, 0.5) is 4.39 Å². The smallest absolute Gasteiger partial charge is 0.246 e. The number of aryl methyl sites for hydroxylation is 3. The van der Waals surface area contributed by atoms with Crippen molar-refractivity contribution in [3.63, 3.8) is 0 Å². The lowest BCUT2D eigenvalue weighted by Crippen LogP contribution is -2.32. The summed E-state index contributed by atoms with van der Waals surface area (Å²) in [5.41, 5.74) is 5.32. The predicted molar refractivity (Wildman–Crippen MR) is 115 cm³/mol. The molecule has 1 atom stereocenters. The molecule has 1 unspecified atom stereocenters. The average molecular weight is 421 g/mol. The van der Waals surface area contributed by atoms with Crippen molar-refractivity contribution in [3.05, 3.63) is 69.5 Å². The summed E-state index contributed by atoms with van der Waals surface area (Å²) in [7, 11) is 2.03. The minimum Gasteiger partial charge on any atom is -0.306 e. The topological polar surface area (TPSA) is 52.6 Å². The molecule has 0 aliphatic heterocycles. The molecular weight excluding hydrogens is 391 g/mol. The summed E-state index contributed by atoms with van der Waals surface area (Å²) >= 11 is 5.91. The van der Waals surface area contributed by atoms with Gasteiger partial charge in [0.25, 0.3) is 0 Å². The van der Waals surface area contributed by atoms with Gasteiger partial charge in [0.1, 0.15) is 5.82 Å². The number of carbonyl (C=O) groups excluding carboxylic acids is 1. The second kappa shape index (κ2) is 11.3. The summed E-state index contributed by atoms with van der Waals surface area (Å²) in [6.45, 7) is 5.22. The van der Waals surface area contributed by atoms with Crippen LogP contribution in [0.15, 0.2) is 36.4 Å². The number of carbonyl (C=O) groups is 1. The zero-order valence-corrected chi connectivity index (χ0v) is 18.1. The lowest BCUT2D eigenvalue weighted by Gasteiger charge is -2.21. The molecule has 0 heterocycles. The number of rotatable bonds is 10. The SMILES string of the molecule is Cc1cc(CCCN(C)CCC(Cc2ccc(Cl)cc2)C(=O)NO)cc(C)c1F. The van der Waals surface area contributed by atoms with E-state index in [9.17, 15) is 9.18 Å². The van der Waals surface area contributed by atoms with Crippen molar-refractivity contribution in [1.29, 1.82) is 0 Å². The third-order valence-corrected chi connectivity index (χ3v) is 5.49. The van der Waals surface area contributed by atoms with Crippen molar-refractivity contribution >= 4 is 17.5 Å². The van der Waals surface area contributed by atoms with Gasteiger partial charge in [-0.15, -0.1) is 0 Å². The fourth-order valence-corrected chi connectivity index (χ4v) is 3.67. The lowest BCUT2D eigenvalue weighted by molar-refractivity contribution is -0.133. The number of benzene rings is 2. The van der Waals surface area contributed by atoms with Gasteiger partial charge in [-0.25, -0.2) is 9.87 Å². The van der Waals surface area contributed by atoms with Gasteiger partial charge in [-0.2, -0.15) is 0 Å². The Hall–Kier alpha value is -1.95. The number of amides is 1. The minimum absolute atomic E-state index is 0.125. The van der Waals surface area contributed by atoms with Gasteiger partial charge in [-0.1, -0.05) is 35.9 Å². The van der Waals surface area contributed by atoms with Gasteiger partial charge in [0.05, 0.1) is 0 Å². The molecule has 0 aliphatic rings. The van der Waals surface area contributed by atoms with Crippen molar-refractivity contribution in [3.8, 4) is 0 Å². The molecule has 2 aromatic rings. The Labute approximate surface area is 177 Å². The largest absolute Gasteiger partial charge is 0.306 e. The normalized spacial score (nSPS) is 12.2. The first kappa shape index (κ1) is 23.3. The molecule has 0 aromatic heterocycles. The van der Waals surface area contributed by atoms with Gasteiger partial charge in [0.15, 0.2) is 0 Å². The van der Waals surface area contributed by atoms with Crippen molar-refractivity contribution in [1.82, 2.24) is 10.4 Å². The molecule has 0 aliphatic carbocycles. The fourth-order valence-electron chi connectivity index (χ4n) is 3.54. The summed E-state index contributed by atoms with van der Waals surface area (Å²) in [5.74, 6) is -0.809. The second-order valence-electron chi connectivity index (χ2n) is 7.74. The first-order chi connectivity index (χ1) is 13.8. The Kier molecular flexibility index (Phi) is 9.08. The molecule has 2 aromatic carbocycles. The van der Waals surface area contributed by atoms with Crippen LogP contribution in [0, 0.1) is 25.6 Å². The molecule has 0 radical (unpaired) electrons. The van der Waals surface area contributed by atoms with E-state index in [1.807, 2.05) is 31.3 Å². The zero-order chi connectivity index (χ0) is 21.4. The van der Waals surface area contributed by atoms with E-state index < -0.39 is 0 Å². The van der Waals surface area contributed by atoms with Gasteiger partial charge in [0, 0.05) is 10.9 Å². The quantitative estimate of drug-likeness (QED) is 0.432. The number of hydroxylamine groups is 1. The van der Waals surface area contributed by atoms with Crippen LogP contribution in [0.3, 0.4) is 0 Å². The van der Waals surface area contributed by atoms with E-state index in [-0.39, 0.29) is 17.6 Å². The summed E-state index contributed by atoms with van der Waals surface area (Å²) < 4.78 is 13.7. The third-order valence-electron chi connectivity index (χ3n) is 5.24. The molecule has 0 spiro atoms. The van der Waals surface area contributed by atoms with Crippen LogP contribution in [-0.4, -0.2) is 36.2 Å². The summed E-state index contributed by atoms with van der Waals surface area (Å²) in [6.07, 6.45) is 3.03. The summed E-state index contributed by atoms with van der Waals surface area (Å²) in [5, 5.41) is 9.72. The lowest BCUT2D eigenvalue weighted by atomic mass is 9.95. The van der Waals surface area contributed by atoms with Gasteiger partial charge >= 0.3 is 0 Å². The van der Waals surface area contributed by atoms with E-state index >= 15 is 0 Å². The van der Waals surface area contributed by atoms with E-state index in [1.54, 1.807) is 31.5 Å². The summed E-state index contributed by atoms with van der Waals surface area (Å²) in [6, 6.07) is 11.2. The molecule has 29 heavy (non-hydrogen) atoms. The van der Waals surface area contributed by atoms with Crippen molar-refractivity contribution in [2.24, 2.45) is 5.92 Å². The van der Waals surface area contributed by atoms with Crippen LogP contribution in [0.2, 0.25) is 5.02 Å². The standard InChI is InChI=1S/C23H30ClFN2O2/c1-16-13-19(14-17(2)22(16)25)5-4-11-27(3)12-10-20(23(28)26-29)15-18-6-8-21(24)9-7-18/h6-9,13-14,20,29H,4-5,10-12,15H2,1-3H3,(H,26,28). The maximum absolute atomic E-state index is 13.7. The van der Waals surface area contributed by atoms with Crippen molar-refractivity contribution in [2.75, 3.05) is 20.1 Å². The van der Waals surface area contributed by atoms with Crippen molar-refractivity contribution < 1.29 is 14.4 Å². The molecule has 2 rings (SSSR count). The Balaban J connectivity index is 1.82. The Morgan fingerprint density at radius 2 is 1.76 bits per heavy atom. The Bertz CT molecular complexity index is 788. The highest BCUT2D eigenvalue weighted by molar-refractivity contribution is 6.30. The fraction of sp³-hybridized carbons (Fsp3) is 0.435. The Morgan fingerprint density at radius 1 is 1.14 bits per heavy atom. The zero-order valence-electron chi connectivity index (χ0n) is 17.3. The Morgan fingerprint density at radius 3 is 2.34 bits per heavy atom. The van der Waals surface area contributed by atoms with Crippen molar-refractivity contribution in [2.45, 2.75) is 39.5 Å². The molecule has 0 saturated carbocycles. The second-order valence-corrected chi connectivity index (χ2v) is 8.18. The van der Waals surface area contributed by atoms with Crippen LogP contribution in [0.25, 0.3) is 0 Å². The summed E-state index contributed by atoms with van der Waals surface area (Å²) in [4.78, 5) is 14.2. The minimum atomic E-state index is -0.370. The highest BCUT2D eigenvalue weighted by Gasteiger charge is 2.19. The molecule has 158 valence electrons. The van der Waals surface area contributed by atoms with E-state index in [0.29, 0.717) is 29.0 Å². The molecule has 2 N–H and O–H groups in total. The van der Waals surface area contributed by atoms with Gasteiger partial charge in [0.2, 0.25) is 5.91 Å². The highest BCUT2D eigenvalue weighted by Crippen LogP contribution is 2.18. The highest BCUT2D eigenvalue weighted by atomic mass is 35.5. The van der Waals surface area contributed by atoms with Gasteiger partial charge in [-0.05, 0) is 94.1 Å². The number of nitrogens with zero attached hydrogens (tertiary/aromatic N) is 1. The molecule has 4 nitrogen and oxygen atoms in total. The van der Waals surface area contributed by atoms with E-state index in [1.165, 1.54) is 0 Å². The van der Waals surface area contributed by atoms with Crippen LogP contribution >= 0.6 is 11.6 Å². The maximum Gasteiger partial charge on any atom is 0.246 e. The van der Waals surface area contributed by atoms with Crippen LogP contribution < -0.4 is 5.48 Å². The van der Waals surface area contributed by atoms with Gasteiger partial charge in [-0.3, -0.25) is 10.0 Å². The van der Waals surface area contributed by atoms with E-state index in [2.05, 4.69) is 4.90 Å². The predicted octanol–water partition coefficient (Wildman–Crippen LogP) is 4.71. The van der Waals surface area contributed by atoms with E-state index in [0.717, 1.165) is 37.1 Å². The maximum atomic E-state index is 13.7. The van der Waals surface area contributed by atoms with E-state index in [4.69, 9.17) is 16.8 Å². The molecule has 6 heteroatoms. The van der Waals surface area contributed by atoms with Crippen LogP contribution in [-0.2, 0) is 17.6 Å². The molecular formula is C23H30ClFN2O2. The monoisotopic (exact) mass is 420 g/mol. The molecule has 0 fully saturated rings. The number of hydrogen-bond donors (Lipinski definition) is 2. The molecule has 1 amide bonds. The molecule has 0 saturated heterocycles. The first-order valence-corrected chi connectivity index (χ1v) is 10.3. The third kappa shape index (κ3) is 7.42. The number of hydrogen-bond acceptors (Lipinski definition) is 3. The average Bonchev–Trinajstić information content (AvgIpc) is 2.70. The number of halogens is 2. The molecule has 0 bridgehead atoms. The number of nitrogens with one attached hydrogen (secondary N) is 1.